The van der Waals surface area contributed by atoms with Gasteiger partial charge < -0.3 is 5.32 Å². The van der Waals surface area contributed by atoms with E-state index in [2.05, 4.69) is 5.32 Å². The fourth-order valence-corrected chi connectivity index (χ4v) is 1.69. The number of carbonyl (C=O) groups excluding carboxylic acids is 1. The number of nitrogens with one attached hydrogen (secondary N) is 1. The Hall–Kier alpha value is -1.98. The predicted octanol–water partition coefficient (Wildman–Crippen LogP) is 2.26. The third-order valence-electron chi connectivity index (χ3n) is 2.94. The minimum atomic E-state index is -0.746. The maximum atomic E-state index is 13.4. The van der Waals surface area contributed by atoms with Gasteiger partial charge in [-0.1, -0.05) is 12.8 Å². The molecule has 0 heterocycles. The molecule has 0 unspecified atom stereocenters. The Morgan fingerprint density at radius 1 is 1.50 bits per heavy atom. The van der Waals surface area contributed by atoms with Crippen molar-refractivity contribution in [3.63, 3.8) is 0 Å². The van der Waals surface area contributed by atoms with E-state index in [1.165, 1.54) is 12.8 Å². The zero-order valence-corrected chi connectivity index (χ0v) is 9.69. The summed E-state index contributed by atoms with van der Waals surface area (Å²) >= 11 is 0. The lowest BCUT2D eigenvalue weighted by molar-refractivity contribution is -0.384. The molecule has 1 fully saturated rings. The fourth-order valence-electron chi connectivity index (χ4n) is 1.69. The van der Waals surface area contributed by atoms with E-state index in [1.807, 2.05) is 0 Å². The second-order valence-corrected chi connectivity index (χ2v) is 4.41. The molecular formula is C12H13FN2O3. The van der Waals surface area contributed by atoms with Gasteiger partial charge in [0.1, 0.15) is 5.82 Å². The van der Waals surface area contributed by atoms with E-state index in [1.54, 1.807) is 0 Å². The van der Waals surface area contributed by atoms with E-state index in [0.717, 1.165) is 24.6 Å². The molecule has 0 atom stereocenters. The van der Waals surface area contributed by atoms with Crippen molar-refractivity contribution in [1.29, 1.82) is 0 Å². The third kappa shape index (κ3) is 3.03. The molecule has 1 aliphatic rings. The van der Waals surface area contributed by atoms with Gasteiger partial charge >= 0.3 is 0 Å². The molecule has 1 saturated carbocycles. The number of nitrogens with zero attached hydrogens (tertiary/aromatic N) is 1. The number of hydrogen-bond donors (Lipinski definition) is 1. The SMILES string of the molecule is O=C(NCCC1CC1)c1cc([N+](=O)[O-])ccc1F. The van der Waals surface area contributed by atoms with Crippen molar-refractivity contribution in [2.45, 2.75) is 19.3 Å². The van der Waals surface area contributed by atoms with Gasteiger partial charge in [0.2, 0.25) is 0 Å². The smallest absolute Gasteiger partial charge is 0.270 e. The van der Waals surface area contributed by atoms with Gasteiger partial charge in [-0.3, -0.25) is 14.9 Å². The molecule has 0 saturated heterocycles. The summed E-state index contributed by atoms with van der Waals surface area (Å²) in [5.41, 5.74) is -0.566. The molecule has 0 aliphatic heterocycles. The van der Waals surface area contributed by atoms with Crippen LogP contribution in [0.2, 0.25) is 0 Å². The molecule has 1 aromatic carbocycles. The van der Waals surface area contributed by atoms with E-state index in [0.29, 0.717) is 12.5 Å². The van der Waals surface area contributed by atoms with Gasteiger partial charge in [-0.25, -0.2) is 4.39 Å². The van der Waals surface area contributed by atoms with Crippen molar-refractivity contribution in [3.05, 3.63) is 39.7 Å². The largest absolute Gasteiger partial charge is 0.352 e. The monoisotopic (exact) mass is 252 g/mol. The second-order valence-electron chi connectivity index (χ2n) is 4.41. The fraction of sp³-hybridized carbons (Fsp3) is 0.417. The van der Waals surface area contributed by atoms with Crippen LogP contribution in [0.5, 0.6) is 0 Å². The molecule has 6 heteroatoms. The number of hydrogen-bond acceptors (Lipinski definition) is 3. The Labute approximate surface area is 103 Å². The molecule has 1 aromatic rings. The van der Waals surface area contributed by atoms with Crippen LogP contribution in [0.1, 0.15) is 29.6 Å². The summed E-state index contributed by atoms with van der Waals surface area (Å²) in [5.74, 6) is -0.679. The molecule has 0 spiro atoms. The summed E-state index contributed by atoms with van der Waals surface area (Å²) in [5, 5.41) is 13.1. The van der Waals surface area contributed by atoms with Crippen LogP contribution in [0, 0.1) is 21.8 Å². The topological polar surface area (TPSA) is 72.2 Å². The second kappa shape index (κ2) is 5.12. The third-order valence-corrected chi connectivity index (χ3v) is 2.94. The Bertz CT molecular complexity index is 486. The van der Waals surface area contributed by atoms with E-state index in [-0.39, 0.29) is 11.3 Å². The van der Waals surface area contributed by atoms with Gasteiger partial charge in [0.25, 0.3) is 11.6 Å². The first-order chi connectivity index (χ1) is 8.58. The number of amides is 1. The highest BCUT2D eigenvalue weighted by Crippen LogP contribution is 2.31. The lowest BCUT2D eigenvalue weighted by Gasteiger charge is -2.05. The highest BCUT2D eigenvalue weighted by atomic mass is 19.1. The summed E-state index contributed by atoms with van der Waals surface area (Å²) in [6, 6.07) is 2.94. The van der Waals surface area contributed by atoms with Crippen LogP contribution in [-0.4, -0.2) is 17.4 Å². The van der Waals surface area contributed by atoms with Crippen molar-refractivity contribution in [3.8, 4) is 0 Å². The highest BCUT2D eigenvalue weighted by molar-refractivity contribution is 5.95. The van der Waals surface area contributed by atoms with Crippen LogP contribution in [0.3, 0.4) is 0 Å². The average molecular weight is 252 g/mol. The number of nitro benzene ring substituents is 1. The molecule has 5 nitrogen and oxygen atoms in total. The molecule has 2 rings (SSSR count). The summed E-state index contributed by atoms with van der Waals surface area (Å²) < 4.78 is 13.4. The standard InChI is InChI=1S/C12H13FN2O3/c13-11-4-3-9(15(17)18)7-10(11)12(16)14-6-5-8-1-2-8/h3-4,7-8H,1-2,5-6H2,(H,14,16). The molecule has 18 heavy (non-hydrogen) atoms. The predicted molar refractivity (Wildman–Crippen MR) is 62.7 cm³/mol. The van der Waals surface area contributed by atoms with Crippen molar-refractivity contribution >= 4 is 11.6 Å². The number of rotatable bonds is 5. The van der Waals surface area contributed by atoms with Gasteiger partial charge in [0, 0.05) is 18.7 Å². The Balaban J connectivity index is 2.02. The van der Waals surface area contributed by atoms with Crippen LogP contribution in [-0.2, 0) is 0 Å². The Kier molecular flexibility index (Phi) is 3.55. The number of carbonyl (C=O) groups is 1. The van der Waals surface area contributed by atoms with E-state index < -0.39 is 16.6 Å². The molecule has 0 bridgehead atoms. The summed E-state index contributed by atoms with van der Waals surface area (Å²) in [4.78, 5) is 21.6. The van der Waals surface area contributed by atoms with Gasteiger partial charge in [-0.05, 0) is 18.4 Å². The molecule has 0 radical (unpaired) electrons. The minimum absolute atomic E-state index is 0.278. The van der Waals surface area contributed by atoms with Crippen LogP contribution in [0.15, 0.2) is 18.2 Å². The van der Waals surface area contributed by atoms with Crippen LogP contribution >= 0.6 is 0 Å². The number of benzene rings is 1. The van der Waals surface area contributed by atoms with Crippen molar-refractivity contribution in [1.82, 2.24) is 5.32 Å². The zero-order chi connectivity index (χ0) is 13.1. The molecule has 1 amide bonds. The maximum Gasteiger partial charge on any atom is 0.270 e. The van der Waals surface area contributed by atoms with Crippen molar-refractivity contribution in [2.75, 3.05) is 6.54 Å². The summed E-state index contributed by atoms with van der Waals surface area (Å²) in [7, 11) is 0. The normalized spacial score (nSPS) is 14.3. The lowest BCUT2D eigenvalue weighted by Crippen LogP contribution is -2.25. The number of nitro groups is 1. The zero-order valence-electron chi connectivity index (χ0n) is 9.69. The molecule has 96 valence electrons. The van der Waals surface area contributed by atoms with Crippen molar-refractivity contribution < 1.29 is 14.1 Å². The van der Waals surface area contributed by atoms with Gasteiger partial charge in [0.05, 0.1) is 10.5 Å². The quantitative estimate of drug-likeness (QED) is 0.645. The van der Waals surface area contributed by atoms with Gasteiger partial charge in [-0.15, -0.1) is 0 Å². The Morgan fingerprint density at radius 2 is 2.22 bits per heavy atom. The summed E-state index contributed by atoms with van der Waals surface area (Å²) in [6.07, 6.45) is 3.24. The minimum Gasteiger partial charge on any atom is -0.352 e. The highest BCUT2D eigenvalue weighted by Gasteiger charge is 2.21. The van der Waals surface area contributed by atoms with Crippen LogP contribution < -0.4 is 5.32 Å². The average Bonchev–Trinajstić information content (AvgIpc) is 3.13. The summed E-state index contributed by atoms with van der Waals surface area (Å²) in [6.45, 7) is 0.478. The maximum absolute atomic E-state index is 13.4. The molecule has 1 aliphatic carbocycles. The van der Waals surface area contributed by atoms with Crippen molar-refractivity contribution in [2.24, 2.45) is 5.92 Å². The van der Waals surface area contributed by atoms with Gasteiger partial charge in [0.15, 0.2) is 0 Å². The van der Waals surface area contributed by atoms with Crippen LogP contribution in [0.25, 0.3) is 0 Å². The number of non-ortho nitro benzene ring substituents is 1. The molecular weight excluding hydrogens is 239 g/mol. The first kappa shape index (κ1) is 12.5. The van der Waals surface area contributed by atoms with E-state index in [9.17, 15) is 19.3 Å². The van der Waals surface area contributed by atoms with Gasteiger partial charge in [-0.2, -0.15) is 0 Å². The Morgan fingerprint density at radius 3 is 2.83 bits per heavy atom. The van der Waals surface area contributed by atoms with E-state index >= 15 is 0 Å². The molecule has 1 N–H and O–H groups in total. The number of halogens is 1. The first-order valence-corrected chi connectivity index (χ1v) is 5.80. The first-order valence-electron chi connectivity index (χ1n) is 5.80. The molecule has 0 aromatic heterocycles. The van der Waals surface area contributed by atoms with E-state index in [4.69, 9.17) is 0 Å². The lowest BCUT2D eigenvalue weighted by atomic mass is 10.1. The van der Waals surface area contributed by atoms with Crippen LogP contribution in [0.4, 0.5) is 10.1 Å².